The van der Waals surface area contributed by atoms with Crippen LogP contribution in [0.4, 0.5) is 0 Å². The Bertz CT molecular complexity index is 1100. The standard InChI is InChI=1S/C31H33.3ClH.Ti/c1-20-11-21(2)15-27(14-20)31(30-10-8-9-26(30)7,28-16-22(3)12-23(4)17-28)29-18-24(5)13-25(6)19-29;;;;/h9,11-19H,8H2,1-7H3;3*1H;/q;;;;+3/p-3. The van der Waals surface area contributed by atoms with E-state index in [9.17, 15) is 0 Å². The SMILES string of the molecule is CC1=CC[C]([Ti+3])=C1C(c1cc(C)cc(C)c1)(c1cc(C)cc(C)c1)c1cc(C)cc(C)c1.[Cl-].[Cl-].[Cl-]. The van der Waals surface area contributed by atoms with Crippen molar-refractivity contribution in [2.45, 2.75) is 60.3 Å². The molecule has 0 atom stereocenters. The van der Waals surface area contributed by atoms with Crippen molar-refractivity contribution in [1.29, 1.82) is 0 Å². The molecule has 0 heterocycles. The van der Waals surface area contributed by atoms with Gasteiger partial charge in [0.05, 0.1) is 0 Å². The van der Waals surface area contributed by atoms with E-state index in [2.05, 4.69) is 130 Å². The van der Waals surface area contributed by atoms with Gasteiger partial charge in [0.1, 0.15) is 0 Å². The number of allylic oxidation sites excluding steroid dienone is 4. The minimum absolute atomic E-state index is 0. The summed E-state index contributed by atoms with van der Waals surface area (Å²) in [5.41, 5.74) is 14.5. The fourth-order valence-electron chi connectivity index (χ4n) is 5.73. The third kappa shape index (κ3) is 6.00. The Morgan fingerprint density at radius 3 is 1.03 bits per heavy atom. The maximum absolute atomic E-state index is 2.41. The molecule has 0 aromatic heterocycles. The van der Waals surface area contributed by atoms with Gasteiger partial charge in [0, 0.05) is 0 Å². The van der Waals surface area contributed by atoms with E-state index in [4.69, 9.17) is 0 Å². The van der Waals surface area contributed by atoms with Crippen molar-refractivity contribution < 1.29 is 57.7 Å². The van der Waals surface area contributed by atoms with Gasteiger partial charge in [0.25, 0.3) is 0 Å². The predicted octanol–water partition coefficient (Wildman–Crippen LogP) is -0.966. The summed E-state index contributed by atoms with van der Waals surface area (Å²) < 4.78 is 1.47. The van der Waals surface area contributed by atoms with E-state index >= 15 is 0 Å². The summed E-state index contributed by atoms with van der Waals surface area (Å²) in [6.45, 7) is 15.7. The van der Waals surface area contributed by atoms with Gasteiger partial charge < -0.3 is 37.2 Å². The Morgan fingerprint density at radius 2 is 0.800 bits per heavy atom. The molecule has 0 saturated carbocycles. The first-order valence-corrected chi connectivity index (χ1v) is 12.3. The molecular weight excluding hydrogens is 527 g/mol. The fraction of sp³-hybridized carbons (Fsp3) is 0.290. The molecule has 0 aliphatic heterocycles. The summed E-state index contributed by atoms with van der Waals surface area (Å²) in [5, 5.41) is 0. The molecule has 1 aliphatic carbocycles. The number of rotatable bonds is 4. The number of hydrogen-bond acceptors (Lipinski definition) is 0. The van der Waals surface area contributed by atoms with Gasteiger partial charge in [-0.1, -0.05) is 0 Å². The van der Waals surface area contributed by atoms with Crippen molar-refractivity contribution in [1.82, 2.24) is 0 Å². The Kier molecular flexibility index (Phi) is 11.2. The number of hydrogen-bond donors (Lipinski definition) is 0. The van der Waals surface area contributed by atoms with E-state index in [1.807, 2.05) is 0 Å². The van der Waals surface area contributed by atoms with E-state index < -0.39 is 0 Å². The van der Waals surface area contributed by atoms with Crippen LogP contribution in [0, 0.1) is 41.5 Å². The van der Waals surface area contributed by atoms with Crippen LogP contribution >= 0.6 is 0 Å². The fourth-order valence-corrected chi connectivity index (χ4v) is 6.49. The van der Waals surface area contributed by atoms with Crippen LogP contribution in [0.1, 0.15) is 63.4 Å². The molecule has 0 radical (unpaired) electrons. The van der Waals surface area contributed by atoms with Crippen molar-refractivity contribution in [3.05, 3.63) is 126 Å². The van der Waals surface area contributed by atoms with Crippen LogP contribution in [-0.2, 0) is 25.9 Å². The average molecular weight is 560 g/mol. The summed E-state index contributed by atoms with van der Waals surface area (Å²) in [7, 11) is 0. The number of halogens is 3. The normalized spacial score (nSPS) is 13.0. The van der Waals surface area contributed by atoms with Crippen molar-refractivity contribution in [3.8, 4) is 0 Å². The first-order chi connectivity index (χ1) is 15.1. The van der Waals surface area contributed by atoms with Crippen LogP contribution in [0.2, 0.25) is 0 Å². The van der Waals surface area contributed by atoms with Crippen LogP contribution in [0.3, 0.4) is 0 Å². The molecule has 1 aliphatic rings. The van der Waals surface area contributed by atoms with Crippen LogP contribution in [0.5, 0.6) is 0 Å². The first kappa shape index (κ1) is 31.8. The second-order valence-corrected chi connectivity index (χ2v) is 10.8. The van der Waals surface area contributed by atoms with Crippen molar-refractivity contribution >= 4 is 0 Å². The topological polar surface area (TPSA) is 0 Å². The summed E-state index contributed by atoms with van der Waals surface area (Å²) in [5.74, 6) is 0. The van der Waals surface area contributed by atoms with E-state index in [1.165, 1.54) is 65.1 Å². The van der Waals surface area contributed by atoms with Gasteiger partial charge in [-0.15, -0.1) is 0 Å². The van der Waals surface area contributed by atoms with Gasteiger partial charge >= 0.3 is 207 Å². The molecule has 0 bridgehead atoms. The molecule has 0 spiro atoms. The van der Waals surface area contributed by atoms with E-state index in [0.29, 0.717) is 0 Å². The number of benzene rings is 3. The largest absolute Gasteiger partial charge is 1.00 e. The van der Waals surface area contributed by atoms with Crippen molar-refractivity contribution in [2.75, 3.05) is 0 Å². The molecule has 3 aromatic carbocycles. The second-order valence-electron chi connectivity index (χ2n) is 9.82. The number of aryl methyl sites for hydroxylation is 6. The molecule has 0 nitrogen and oxygen atoms in total. The maximum Gasteiger partial charge on any atom is -1.00 e. The molecule has 0 N–H and O–H groups in total. The monoisotopic (exact) mass is 558 g/mol. The van der Waals surface area contributed by atoms with E-state index in [-0.39, 0.29) is 42.6 Å². The Balaban J connectivity index is 0.00000204. The molecular formula is C31H33Cl3Ti. The summed E-state index contributed by atoms with van der Waals surface area (Å²) >= 11 is 2.32. The molecule has 0 amide bonds. The summed E-state index contributed by atoms with van der Waals surface area (Å²) in [6.07, 6.45) is 3.44. The first-order valence-electron chi connectivity index (χ1n) is 11.5. The zero-order valence-corrected chi connectivity index (χ0v) is 25.4. The van der Waals surface area contributed by atoms with Crippen LogP contribution in [0.15, 0.2) is 75.7 Å². The average Bonchev–Trinajstić information content (AvgIpc) is 3.00. The molecule has 0 saturated heterocycles. The molecule has 35 heavy (non-hydrogen) atoms. The van der Waals surface area contributed by atoms with Crippen LogP contribution < -0.4 is 37.2 Å². The van der Waals surface area contributed by atoms with Crippen LogP contribution in [0.25, 0.3) is 0 Å². The second kappa shape index (κ2) is 12.3. The third-order valence-corrected chi connectivity index (χ3v) is 7.36. The summed E-state index contributed by atoms with van der Waals surface area (Å²) in [4.78, 5) is 0. The maximum atomic E-state index is 2.41. The molecule has 3 aromatic rings. The van der Waals surface area contributed by atoms with Gasteiger partial charge in [0.2, 0.25) is 0 Å². The minimum Gasteiger partial charge on any atom is -1.00 e. The third-order valence-electron chi connectivity index (χ3n) is 6.65. The Hall–Kier alpha value is -1.28. The van der Waals surface area contributed by atoms with E-state index in [1.54, 1.807) is 0 Å². The Morgan fingerprint density at radius 1 is 0.514 bits per heavy atom. The quantitative estimate of drug-likeness (QED) is 0.285. The smallest absolute Gasteiger partial charge is 1.00 e. The summed E-state index contributed by atoms with van der Waals surface area (Å²) in [6, 6.07) is 21.3. The molecule has 182 valence electrons. The molecule has 0 fully saturated rings. The van der Waals surface area contributed by atoms with Gasteiger partial charge in [-0.3, -0.25) is 0 Å². The predicted molar refractivity (Wildman–Crippen MR) is 133 cm³/mol. The van der Waals surface area contributed by atoms with Gasteiger partial charge in [-0.05, 0) is 0 Å². The van der Waals surface area contributed by atoms with Gasteiger partial charge in [-0.2, -0.15) is 0 Å². The Labute approximate surface area is 242 Å². The van der Waals surface area contributed by atoms with Crippen molar-refractivity contribution in [3.63, 3.8) is 0 Å². The molecule has 0 unspecified atom stereocenters. The minimum atomic E-state index is -0.342. The molecule has 4 rings (SSSR count). The van der Waals surface area contributed by atoms with Gasteiger partial charge in [-0.25, -0.2) is 0 Å². The van der Waals surface area contributed by atoms with E-state index in [0.717, 1.165) is 6.42 Å². The van der Waals surface area contributed by atoms with Crippen molar-refractivity contribution in [2.24, 2.45) is 0 Å². The zero-order valence-electron chi connectivity index (χ0n) is 21.6. The van der Waals surface area contributed by atoms with Crippen LogP contribution in [-0.4, -0.2) is 0 Å². The molecule has 4 heteroatoms. The van der Waals surface area contributed by atoms with Gasteiger partial charge in [0.15, 0.2) is 0 Å². The zero-order chi connectivity index (χ0) is 23.2.